The van der Waals surface area contributed by atoms with Crippen molar-refractivity contribution in [2.45, 2.75) is 18.2 Å². The lowest BCUT2D eigenvalue weighted by Gasteiger charge is -2.04. The summed E-state index contributed by atoms with van der Waals surface area (Å²) in [7, 11) is 0. The fraction of sp³-hybridized carbons (Fsp3) is 0.214. The zero-order valence-corrected chi connectivity index (χ0v) is 11.5. The lowest BCUT2D eigenvalue weighted by molar-refractivity contribution is -0.115. The van der Waals surface area contributed by atoms with Crippen LogP contribution >= 0.6 is 11.8 Å². The molecule has 98 valence electrons. The van der Waals surface area contributed by atoms with Gasteiger partial charge in [-0.2, -0.15) is 0 Å². The van der Waals surface area contributed by atoms with Crippen molar-refractivity contribution in [3.05, 3.63) is 48.3 Å². The highest BCUT2D eigenvalue weighted by Gasteiger charge is 2.04. The Labute approximate surface area is 116 Å². The largest absolute Gasteiger partial charge is 0.294 e. The van der Waals surface area contributed by atoms with Crippen molar-refractivity contribution in [2.75, 3.05) is 11.1 Å². The molecule has 0 fully saturated rings. The van der Waals surface area contributed by atoms with Gasteiger partial charge in [-0.25, -0.2) is 9.97 Å². The molecule has 0 unspecified atom stereocenters. The molecular weight excluding hydrogens is 258 g/mol. The Hall–Kier alpha value is -1.88. The maximum atomic E-state index is 11.7. The molecule has 1 aromatic carbocycles. The van der Waals surface area contributed by atoms with Crippen LogP contribution < -0.4 is 5.32 Å². The molecule has 19 heavy (non-hydrogen) atoms. The highest BCUT2D eigenvalue weighted by Crippen LogP contribution is 2.17. The first-order chi connectivity index (χ1) is 9.24. The summed E-state index contributed by atoms with van der Waals surface area (Å²) in [6.45, 7) is 1.86. The van der Waals surface area contributed by atoms with Crippen LogP contribution in [-0.2, 0) is 4.79 Å². The molecule has 5 heteroatoms. The molecule has 2 rings (SSSR count). The predicted molar refractivity (Wildman–Crippen MR) is 77.2 cm³/mol. The molecule has 2 aromatic rings. The van der Waals surface area contributed by atoms with Crippen LogP contribution in [0.25, 0.3) is 0 Å². The number of aryl methyl sites for hydroxylation is 1. The normalized spacial score (nSPS) is 10.2. The Bertz CT molecular complexity index is 545. The summed E-state index contributed by atoms with van der Waals surface area (Å²) < 4.78 is 0. The van der Waals surface area contributed by atoms with Crippen LogP contribution in [-0.4, -0.2) is 21.6 Å². The number of thioether (sulfide) groups is 1. The first-order valence-corrected chi connectivity index (χ1v) is 7.00. The second-order valence-corrected chi connectivity index (χ2v) is 5.15. The van der Waals surface area contributed by atoms with Gasteiger partial charge < -0.3 is 0 Å². The molecular formula is C14H15N3OS. The van der Waals surface area contributed by atoms with Gasteiger partial charge in [-0.1, -0.05) is 18.2 Å². The van der Waals surface area contributed by atoms with Gasteiger partial charge in [-0.3, -0.25) is 10.1 Å². The third-order valence-corrected chi connectivity index (χ3v) is 3.40. The maximum absolute atomic E-state index is 11.7. The minimum absolute atomic E-state index is 0.0611. The monoisotopic (exact) mass is 273 g/mol. The number of rotatable bonds is 5. The summed E-state index contributed by atoms with van der Waals surface area (Å²) in [6, 6.07) is 11.8. The summed E-state index contributed by atoms with van der Waals surface area (Å²) in [6.07, 6.45) is 2.08. The number of nitrogens with one attached hydrogen (secondary N) is 1. The van der Waals surface area contributed by atoms with Gasteiger partial charge in [0.2, 0.25) is 11.9 Å². The molecule has 0 atom stereocenters. The molecule has 0 spiro atoms. The van der Waals surface area contributed by atoms with Crippen LogP contribution in [0.15, 0.2) is 47.5 Å². The second-order valence-electron chi connectivity index (χ2n) is 3.98. The third-order valence-electron chi connectivity index (χ3n) is 2.39. The topological polar surface area (TPSA) is 54.9 Å². The van der Waals surface area contributed by atoms with Crippen LogP contribution in [0.4, 0.5) is 5.95 Å². The van der Waals surface area contributed by atoms with E-state index in [0.717, 1.165) is 11.4 Å². The van der Waals surface area contributed by atoms with E-state index in [-0.39, 0.29) is 5.91 Å². The van der Waals surface area contributed by atoms with Gasteiger partial charge in [0, 0.05) is 29.0 Å². The van der Waals surface area contributed by atoms with Crippen LogP contribution in [0, 0.1) is 6.92 Å². The van der Waals surface area contributed by atoms with E-state index in [1.54, 1.807) is 24.0 Å². The summed E-state index contributed by atoms with van der Waals surface area (Å²) >= 11 is 1.66. The van der Waals surface area contributed by atoms with Gasteiger partial charge in [-0.05, 0) is 25.1 Å². The molecule has 0 radical (unpaired) electrons. The number of amides is 1. The molecule has 0 aliphatic heterocycles. The van der Waals surface area contributed by atoms with Crippen LogP contribution in [0.3, 0.4) is 0 Å². The predicted octanol–water partition coefficient (Wildman–Crippen LogP) is 2.91. The van der Waals surface area contributed by atoms with E-state index in [9.17, 15) is 4.79 Å². The van der Waals surface area contributed by atoms with Gasteiger partial charge in [0.15, 0.2) is 0 Å². The Morgan fingerprint density at radius 2 is 2.05 bits per heavy atom. The van der Waals surface area contributed by atoms with Gasteiger partial charge in [0.05, 0.1) is 0 Å². The van der Waals surface area contributed by atoms with Gasteiger partial charge in [0.1, 0.15) is 0 Å². The van der Waals surface area contributed by atoms with Crippen molar-refractivity contribution in [1.29, 1.82) is 0 Å². The van der Waals surface area contributed by atoms with Crippen LogP contribution in [0.2, 0.25) is 0 Å². The number of hydrogen-bond acceptors (Lipinski definition) is 4. The number of nitrogens with zero attached hydrogens (tertiary/aromatic N) is 2. The highest BCUT2D eigenvalue weighted by molar-refractivity contribution is 7.99. The molecule has 0 aliphatic carbocycles. The minimum Gasteiger partial charge on any atom is -0.294 e. The first kappa shape index (κ1) is 13.5. The van der Waals surface area contributed by atoms with Crippen molar-refractivity contribution in [1.82, 2.24) is 9.97 Å². The average molecular weight is 273 g/mol. The summed E-state index contributed by atoms with van der Waals surface area (Å²) in [5.74, 6) is 1.05. The van der Waals surface area contributed by atoms with Crippen molar-refractivity contribution >= 4 is 23.6 Å². The van der Waals surface area contributed by atoms with E-state index in [4.69, 9.17) is 0 Å². The van der Waals surface area contributed by atoms with Gasteiger partial charge in [-0.15, -0.1) is 11.8 Å². The highest BCUT2D eigenvalue weighted by atomic mass is 32.2. The number of carbonyl (C=O) groups is 1. The Morgan fingerprint density at radius 1 is 1.26 bits per heavy atom. The van der Waals surface area contributed by atoms with Crippen molar-refractivity contribution < 1.29 is 4.79 Å². The standard InChI is InChI=1S/C14H15N3OS/c1-11-7-9-15-14(16-11)17-13(18)8-10-19-12-5-3-2-4-6-12/h2-7,9H,8,10H2,1H3,(H,15,16,17,18). The van der Waals surface area contributed by atoms with Gasteiger partial charge in [0.25, 0.3) is 0 Å². The zero-order chi connectivity index (χ0) is 13.5. The minimum atomic E-state index is -0.0611. The Balaban J connectivity index is 1.76. The molecule has 1 amide bonds. The third kappa shape index (κ3) is 4.71. The number of carbonyl (C=O) groups excluding carboxylic acids is 1. The lowest BCUT2D eigenvalue weighted by Crippen LogP contribution is -2.14. The zero-order valence-electron chi connectivity index (χ0n) is 10.7. The number of benzene rings is 1. The molecule has 4 nitrogen and oxygen atoms in total. The molecule has 0 aliphatic rings. The first-order valence-electron chi connectivity index (χ1n) is 6.01. The van der Waals surface area contributed by atoms with Crippen molar-refractivity contribution in [3.8, 4) is 0 Å². The molecule has 0 saturated heterocycles. The fourth-order valence-electron chi connectivity index (χ4n) is 1.47. The Morgan fingerprint density at radius 3 is 2.79 bits per heavy atom. The van der Waals surface area contributed by atoms with Crippen molar-refractivity contribution in [2.24, 2.45) is 0 Å². The van der Waals surface area contributed by atoms with E-state index in [1.165, 1.54) is 4.90 Å². The van der Waals surface area contributed by atoms with Crippen LogP contribution in [0.1, 0.15) is 12.1 Å². The van der Waals surface area contributed by atoms with Crippen LogP contribution in [0.5, 0.6) is 0 Å². The maximum Gasteiger partial charge on any atom is 0.229 e. The number of anilines is 1. The molecule has 1 N–H and O–H groups in total. The smallest absolute Gasteiger partial charge is 0.229 e. The van der Waals surface area contributed by atoms with E-state index in [0.29, 0.717) is 12.4 Å². The summed E-state index contributed by atoms with van der Waals surface area (Å²) in [5.41, 5.74) is 0.837. The second kappa shape index (κ2) is 6.89. The van der Waals surface area contributed by atoms with E-state index < -0.39 is 0 Å². The van der Waals surface area contributed by atoms with Gasteiger partial charge >= 0.3 is 0 Å². The molecule has 1 aromatic heterocycles. The quantitative estimate of drug-likeness (QED) is 0.851. The van der Waals surface area contributed by atoms with Crippen molar-refractivity contribution in [3.63, 3.8) is 0 Å². The lowest BCUT2D eigenvalue weighted by atomic mass is 10.4. The SMILES string of the molecule is Cc1ccnc(NC(=O)CCSc2ccccc2)n1. The average Bonchev–Trinajstić information content (AvgIpc) is 2.40. The van der Waals surface area contributed by atoms with E-state index in [1.807, 2.05) is 37.3 Å². The van der Waals surface area contributed by atoms with E-state index in [2.05, 4.69) is 15.3 Å². The number of aromatic nitrogens is 2. The molecule has 1 heterocycles. The molecule has 0 saturated carbocycles. The summed E-state index contributed by atoms with van der Waals surface area (Å²) in [4.78, 5) is 21.0. The Kier molecular flexibility index (Phi) is 4.92. The number of hydrogen-bond donors (Lipinski definition) is 1. The fourth-order valence-corrected chi connectivity index (χ4v) is 2.35. The molecule has 0 bridgehead atoms. The van der Waals surface area contributed by atoms with E-state index >= 15 is 0 Å². The summed E-state index contributed by atoms with van der Waals surface area (Å²) in [5, 5.41) is 2.69.